The molecule has 0 unspecified atom stereocenters. The van der Waals surface area contributed by atoms with Crippen LogP contribution in [0.15, 0.2) is 18.3 Å². The van der Waals surface area contributed by atoms with Gasteiger partial charge >= 0.3 is 6.18 Å². The van der Waals surface area contributed by atoms with E-state index in [-0.39, 0.29) is 22.7 Å². The molecule has 0 atom stereocenters. The van der Waals surface area contributed by atoms with E-state index >= 15 is 0 Å². The van der Waals surface area contributed by atoms with Crippen molar-refractivity contribution in [3.63, 3.8) is 0 Å². The molecule has 1 heterocycles. The van der Waals surface area contributed by atoms with E-state index in [9.17, 15) is 17.6 Å². The molecule has 0 radical (unpaired) electrons. The minimum Gasteiger partial charge on any atom is -0.493 e. The van der Waals surface area contributed by atoms with Crippen LogP contribution in [0.2, 0.25) is 0 Å². The third-order valence-electron chi connectivity index (χ3n) is 2.96. The van der Waals surface area contributed by atoms with Crippen LogP contribution in [0.4, 0.5) is 17.6 Å². The number of aliphatic hydroxyl groups excluding tert-OH is 1. The summed E-state index contributed by atoms with van der Waals surface area (Å²) in [7, 11) is 2.55. The Morgan fingerprint density at radius 3 is 2.48 bits per heavy atom. The van der Waals surface area contributed by atoms with Crippen molar-refractivity contribution in [1.29, 1.82) is 0 Å². The van der Waals surface area contributed by atoms with E-state index in [4.69, 9.17) is 9.84 Å². The van der Waals surface area contributed by atoms with Crippen LogP contribution < -0.4 is 4.74 Å². The van der Waals surface area contributed by atoms with Gasteiger partial charge in [0.25, 0.3) is 0 Å². The second kappa shape index (κ2) is 5.36. The molecule has 0 saturated heterocycles. The maximum Gasteiger partial charge on any atom is 0.434 e. The van der Waals surface area contributed by atoms with Crippen molar-refractivity contribution in [2.24, 2.45) is 7.05 Å². The fourth-order valence-corrected chi connectivity index (χ4v) is 1.97. The van der Waals surface area contributed by atoms with Crippen LogP contribution >= 0.6 is 0 Å². The highest BCUT2D eigenvalue weighted by atomic mass is 19.4. The first kappa shape index (κ1) is 15.3. The molecule has 8 heteroatoms. The molecule has 0 bridgehead atoms. The zero-order valence-electron chi connectivity index (χ0n) is 11.2. The lowest BCUT2D eigenvalue weighted by Gasteiger charge is -2.11. The Kier molecular flexibility index (Phi) is 3.91. The molecular weight excluding hydrogens is 292 g/mol. The van der Waals surface area contributed by atoms with Gasteiger partial charge in [0.1, 0.15) is 5.82 Å². The molecule has 0 aliphatic heterocycles. The lowest BCUT2D eigenvalue weighted by atomic mass is 10.1. The van der Waals surface area contributed by atoms with Crippen LogP contribution in [0.25, 0.3) is 11.4 Å². The largest absolute Gasteiger partial charge is 0.493 e. The van der Waals surface area contributed by atoms with Crippen molar-refractivity contribution in [2.45, 2.75) is 12.8 Å². The fraction of sp³-hybridized carbons (Fsp3) is 0.308. The van der Waals surface area contributed by atoms with Crippen LogP contribution in [-0.4, -0.2) is 21.8 Å². The topological polar surface area (TPSA) is 47.3 Å². The van der Waals surface area contributed by atoms with Gasteiger partial charge in [0.2, 0.25) is 0 Å². The van der Waals surface area contributed by atoms with Crippen LogP contribution in [0.1, 0.15) is 11.3 Å². The SMILES string of the molecule is COc1c(CO)ccc(-c2nc(C(F)(F)F)cn2C)c1F. The Balaban J connectivity index is 2.60. The van der Waals surface area contributed by atoms with Gasteiger partial charge in [0, 0.05) is 18.8 Å². The molecule has 114 valence electrons. The van der Waals surface area contributed by atoms with Gasteiger partial charge in [-0.05, 0) is 6.07 Å². The van der Waals surface area contributed by atoms with Gasteiger partial charge in [0.05, 0.1) is 19.3 Å². The van der Waals surface area contributed by atoms with E-state index in [1.165, 1.54) is 26.3 Å². The summed E-state index contributed by atoms with van der Waals surface area (Å²) < 4.78 is 58.2. The number of hydrogen-bond acceptors (Lipinski definition) is 3. The summed E-state index contributed by atoms with van der Waals surface area (Å²) in [5.41, 5.74) is -1.05. The van der Waals surface area contributed by atoms with Crippen LogP contribution in [0, 0.1) is 5.82 Å². The van der Waals surface area contributed by atoms with E-state index in [1.54, 1.807) is 0 Å². The van der Waals surface area contributed by atoms with E-state index in [1.807, 2.05) is 0 Å². The molecule has 1 aromatic heterocycles. The smallest absolute Gasteiger partial charge is 0.434 e. The van der Waals surface area contributed by atoms with Crippen LogP contribution in [-0.2, 0) is 19.8 Å². The number of ether oxygens (including phenoxy) is 1. The molecular formula is C13H12F4N2O2. The summed E-state index contributed by atoms with van der Waals surface area (Å²) >= 11 is 0. The van der Waals surface area contributed by atoms with Gasteiger partial charge in [-0.2, -0.15) is 13.2 Å². The van der Waals surface area contributed by atoms with Crippen molar-refractivity contribution >= 4 is 0 Å². The summed E-state index contributed by atoms with van der Waals surface area (Å²) in [6, 6.07) is 2.63. The van der Waals surface area contributed by atoms with E-state index in [2.05, 4.69) is 4.98 Å². The number of nitrogens with zero attached hydrogens (tertiary/aromatic N) is 2. The van der Waals surface area contributed by atoms with Gasteiger partial charge in [0.15, 0.2) is 17.3 Å². The highest BCUT2D eigenvalue weighted by molar-refractivity contribution is 5.61. The highest BCUT2D eigenvalue weighted by Gasteiger charge is 2.35. The molecule has 0 amide bonds. The minimum absolute atomic E-state index is 0.137. The van der Waals surface area contributed by atoms with Gasteiger partial charge in [-0.25, -0.2) is 9.37 Å². The predicted octanol–water partition coefficient (Wildman–Crippen LogP) is 2.75. The number of methoxy groups -OCH3 is 1. The first-order valence-corrected chi connectivity index (χ1v) is 5.86. The Hall–Kier alpha value is -2.09. The van der Waals surface area contributed by atoms with Crippen molar-refractivity contribution in [3.05, 3.63) is 35.4 Å². The Bertz CT molecular complexity index is 665. The summed E-state index contributed by atoms with van der Waals surface area (Å²) in [4.78, 5) is 3.42. The number of halogens is 4. The number of aromatic nitrogens is 2. The van der Waals surface area contributed by atoms with Crippen LogP contribution in [0.5, 0.6) is 5.75 Å². The normalized spacial score (nSPS) is 11.8. The van der Waals surface area contributed by atoms with E-state index in [0.29, 0.717) is 0 Å². The van der Waals surface area contributed by atoms with Gasteiger partial charge in [-0.3, -0.25) is 0 Å². The summed E-state index contributed by atoms with van der Waals surface area (Å²) in [5, 5.41) is 9.08. The number of imidazole rings is 1. The van der Waals surface area contributed by atoms with E-state index < -0.39 is 24.3 Å². The average Bonchev–Trinajstić information content (AvgIpc) is 2.80. The van der Waals surface area contributed by atoms with Crippen molar-refractivity contribution < 1.29 is 27.4 Å². The average molecular weight is 304 g/mol. The fourth-order valence-electron chi connectivity index (χ4n) is 1.97. The molecule has 0 fully saturated rings. The quantitative estimate of drug-likeness (QED) is 0.887. The number of benzene rings is 1. The lowest BCUT2D eigenvalue weighted by Crippen LogP contribution is -2.05. The summed E-state index contributed by atoms with van der Waals surface area (Å²) in [5.74, 6) is -1.26. The molecule has 1 N–H and O–H groups in total. The maximum atomic E-state index is 14.3. The molecule has 0 aliphatic carbocycles. The summed E-state index contributed by atoms with van der Waals surface area (Å²) in [6.45, 7) is -0.450. The van der Waals surface area contributed by atoms with E-state index in [0.717, 1.165) is 10.8 Å². The maximum absolute atomic E-state index is 14.3. The Labute approximate surface area is 117 Å². The van der Waals surface area contributed by atoms with Crippen molar-refractivity contribution in [2.75, 3.05) is 7.11 Å². The Morgan fingerprint density at radius 2 is 2.00 bits per heavy atom. The number of hydrogen-bond donors (Lipinski definition) is 1. The molecule has 0 aliphatic rings. The number of rotatable bonds is 3. The second-order valence-electron chi connectivity index (χ2n) is 4.34. The minimum atomic E-state index is -4.61. The molecule has 1 aromatic carbocycles. The van der Waals surface area contributed by atoms with Crippen molar-refractivity contribution in [1.82, 2.24) is 9.55 Å². The number of aliphatic hydroxyl groups is 1. The monoisotopic (exact) mass is 304 g/mol. The Morgan fingerprint density at radius 1 is 1.33 bits per heavy atom. The molecule has 2 rings (SSSR count). The second-order valence-corrected chi connectivity index (χ2v) is 4.34. The lowest BCUT2D eigenvalue weighted by molar-refractivity contribution is -0.140. The third kappa shape index (κ3) is 2.71. The first-order valence-electron chi connectivity index (χ1n) is 5.86. The zero-order valence-corrected chi connectivity index (χ0v) is 11.2. The van der Waals surface area contributed by atoms with Gasteiger partial charge in [-0.1, -0.05) is 6.07 Å². The summed E-state index contributed by atoms with van der Waals surface area (Å²) in [6.07, 6.45) is -3.83. The molecule has 4 nitrogen and oxygen atoms in total. The van der Waals surface area contributed by atoms with Gasteiger partial charge in [-0.15, -0.1) is 0 Å². The first-order chi connectivity index (χ1) is 9.79. The number of alkyl halides is 3. The standard InChI is InChI=1S/C13H12F4N2O2/c1-19-5-9(13(15,16)17)18-12(19)8-4-3-7(6-20)11(21-2)10(8)14/h3-5,20H,6H2,1-2H3. The molecule has 21 heavy (non-hydrogen) atoms. The van der Waals surface area contributed by atoms with Gasteiger partial charge < -0.3 is 14.4 Å². The number of aryl methyl sites for hydroxylation is 1. The van der Waals surface area contributed by atoms with Crippen LogP contribution in [0.3, 0.4) is 0 Å². The zero-order chi connectivity index (χ0) is 15.8. The molecule has 0 spiro atoms. The molecule has 2 aromatic rings. The third-order valence-corrected chi connectivity index (χ3v) is 2.96. The van der Waals surface area contributed by atoms with Crippen molar-refractivity contribution in [3.8, 4) is 17.1 Å². The molecule has 0 saturated carbocycles. The predicted molar refractivity (Wildman–Crippen MR) is 66.1 cm³/mol. The highest BCUT2D eigenvalue weighted by Crippen LogP contribution is 2.34.